The molecule has 7 heteroatoms. The average molecular weight is 365 g/mol. The van der Waals surface area contributed by atoms with Crippen LogP contribution in [0.25, 0.3) is 0 Å². The fourth-order valence-electron chi connectivity index (χ4n) is 2.21. The molecule has 0 unspecified atom stereocenters. The van der Waals surface area contributed by atoms with E-state index in [9.17, 15) is 8.42 Å². The number of aryl methyl sites for hydroxylation is 2. The SMILES string of the molecule is Cc1ccc(Sc2c(C)nn(S(=O)(=O)c3cccs3)c2C)cc1. The first-order valence-corrected chi connectivity index (χ1v) is 10.1. The van der Waals surface area contributed by atoms with Gasteiger partial charge < -0.3 is 0 Å². The Bertz CT molecular complexity index is 925. The van der Waals surface area contributed by atoms with Crippen LogP contribution in [-0.4, -0.2) is 17.6 Å². The molecule has 0 atom stereocenters. The Kier molecular flexibility index (Phi) is 4.35. The Labute approximate surface area is 144 Å². The highest BCUT2D eigenvalue weighted by Gasteiger charge is 2.24. The minimum absolute atomic E-state index is 0.301. The summed E-state index contributed by atoms with van der Waals surface area (Å²) in [5.41, 5.74) is 2.55. The van der Waals surface area contributed by atoms with E-state index in [-0.39, 0.29) is 0 Å². The zero-order valence-electron chi connectivity index (χ0n) is 13.0. The number of hydrogen-bond acceptors (Lipinski definition) is 5. The van der Waals surface area contributed by atoms with Gasteiger partial charge in [0, 0.05) is 4.90 Å². The second-order valence-corrected chi connectivity index (χ2v) is 9.22. The van der Waals surface area contributed by atoms with E-state index in [2.05, 4.69) is 5.10 Å². The Balaban J connectivity index is 2.02. The van der Waals surface area contributed by atoms with Crippen molar-refractivity contribution in [1.29, 1.82) is 0 Å². The summed E-state index contributed by atoms with van der Waals surface area (Å²) in [6, 6.07) is 11.5. The number of benzene rings is 1. The summed E-state index contributed by atoms with van der Waals surface area (Å²) in [5, 5.41) is 6.02. The van der Waals surface area contributed by atoms with Crippen molar-refractivity contribution in [3.8, 4) is 0 Å². The van der Waals surface area contributed by atoms with E-state index >= 15 is 0 Å². The third-order valence-corrected chi connectivity index (χ3v) is 7.74. The topological polar surface area (TPSA) is 52.0 Å². The van der Waals surface area contributed by atoms with Crippen molar-refractivity contribution in [2.45, 2.75) is 34.8 Å². The molecule has 23 heavy (non-hydrogen) atoms. The van der Waals surface area contributed by atoms with E-state index in [1.807, 2.05) is 38.1 Å². The minimum Gasteiger partial charge on any atom is -0.198 e. The number of hydrogen-bond donors (Lipinski definition) is 0. The molecule has 1 aromatic carbocycles. The van der Waals surface area contributed by atoms with Gasteiger partial charge in [-0.3, -0.25) is 0 Å². The van der Waals surface area contributed by atoms with Crippen molar-refractivity contribution in [3.63, 3.8) is 0 Å². The van der Waals surface area contributed by atoms with E-state index in [0.29, 0.717) is 15.6 Å². The predicted octanol–water partition coefficient (Wildman–Crippen LogP) is 4.26. The largest absolute Gasteiger partial charge is 0.292 e. The molecule has 0 aliphatic rings. The van der Waals surface area contributed by atoms with Crippen molar-refractivity contribution < 1.29 is 8.42 Å². The number of thiophene rings is 1. The summed E-state index contributed by atoms with van der Waals surface area (Å²) < 4.78 is 26.8. The first-order valence-electron chi connectivity index (χ1n) is 6.99. The molecule has 3 aromatic rings. The molecule has 120 valence electrons. The molecule has 0 bridgehead atoms. The van der Waals surface area contributed by atoms with Crippen LogP contribution in [0.5, 0.6) is 0 Å². The molecule has 0 aliphatic heterocycles. The van der Waals surface area contributed by atoms with Crippen LogP contribution in [0, 0.1) is 20.8 Å². The van der Waals surface area contributed by atoms with Crippen LogP contribution < -0.4 is 0 Å². The second kappa shape index (κ2) is 6.14. The van der Waals surface area contributed by atoms with Gasteiger partial charge in [-0.1, -0.05) is 35.5 Å². The van der Waals surface area contributed by atoms with Crippen LogP contribution in [-0.2, 0) is 10.0 Å². The molecule has 0 saturated heterocycles. The van der Waals surface area contributed by atoms with Gasteiger partial charge in [-0.2, -0.15) is 17.6 Å². The van der Waals surface area contributed by atoms with Crippen LogP contribution in [0.1, 0.15) is 17.0 Å². The normalized spacial score (nSPS) is 11.8. The number of nitrogens with zero attached hydrogens (tertiary/aromatic N) is 2. The number of aromatic nitrogens is 2. The number of rotatable bonds is 4. The highest BCUT2D eigenvalue weighted by Crippen LogP contribution is 2.34. The van der Waals surface area contributed by atoms with Crippen molar-refractivity contribution in [2.75, 3.05) is 0 Å². The highest BCUT2D eigenvalue weighted by atomic mass is 32.2. The average Bonchev–Trinajstić information content (AvgIpc) is 3.14. The van der Waals surface area contributed by atoms with E-state index < -0.39 is 10.0 Å². The maximum atomic E-state index is 12.7. The van der Waals surface area contributed by atoms with Crippen molar-refractivity contribution >= 4 is 33.1 Å². The summed E-state index contributed by atoms with van der Waals surface area (Å²) in [6.45, 7) is 5.67. The highest BCUT2D eigenvalue weighted by molar-refractivity contribution is 7.99. The van der Waals surface area contributed by atoms with Gasteiger partial charge in [0.25, 0.3) is 10.0 Å². The summed E-state index contributed by atoms with van der Waals surface area (Å²) >= 11 is 2.74. The summed E-state index contributed by atoms with van der Waals surface area (Å²) in [7, 11) is -3.62. The Hall–Kier alpha value is -1.57. The first kappa shape index (κ1) is 16.3. The van der Waals surface area contributed by atoms with Gasteiger partial charge in [-0.15, -0.1) is 11.3 Å². The smallest absolute Gasteiger partial charge is 0.198 e. The van der Waals surface area contributed by atoms with Gasteiger partial charge in [0.05, 0.1) is 16.3 Å². The summed E-state index contributed by atoms with van der Waals surface area (Å²) in [6.07, 6.45) is 0. The van der Waals surface area contributed by atoms with E-state index in [4.69, 9.17) is 0 Å². The lowest BCUT2D eigenvalue weighted by Crippen LogP contribution is -2.15. The molecule has 2 aromatic heterocycles. The molecule has 0 spiro atoms. The van der Waals surface area contributed by atoms with Crippen molar-refractivity contribution in [2.24, 2.45) is 0 Å². The van der Waals surface area contributed by atoms with Crippen LogP contribution in [0.2, 0.25) is 0 Å². The molecule has 0 fully saturated rings. The molecule has 0 radical (unpaired) electrons. The Morgan fingerprint density at radius 1 is 1.09 bits per heavy atom. The van der Waals surface area contributed by atoms with E-state index in [1.54, 1.807) is 24.4 Å². The first-order chi connectivity index (χ1) is 10.9. The lowest BCUT2D eigenvalue weighted by atomic mass is 10.2. The zero-order chi connectivity index (χ0) is 16.6. The molecule has 4 nitrogen and oxygen atoms in total. The van der Waals surface area contributed by atoms with Crippen LogP contribution in [0.3, 0.4) is 0 Å². The molecular weight excluding hydrogens is 348 g/mol. The van der Waals surface area contributed by atoms with Gasteiger partial charge in [-0.05, 0) is 44.4 Å². The second-order valence-electron chi connectivity index (χ2n) is 5.20. The lowest BCUT2D eigenvalue weighted by Gasteiger charge is -2.05. The van der Waals surface area contributed by atoms with Crippen LogP contribution in [0.15, 0.2) is 55.8 Å². The molecule has 0 saturated carbocycles. The third kappa shape index (κ3) is 3.08. The fraction of sp³-hybridized carbons (Fsp3) is 0.188. The van der Waals surface area contributed by atoms with Gasteiger partial charge in [-0.25, -0.2) is 0 Å². The zero-order valence-corrected chi connectivity index (χ0v) is 15.4. The Morgan fingerprint density at radius 2 is 1.78 bits per heavy atom. The van der Waals surface area contributed by atoms with Crippen LogP contribution >= 0.6 is 23.1 Å². The molecule has 0 N–H and O–H groups in total. The maximum absolute atomic E-state index is 12.7. The monoisotopic (exact) mass is 364 g/mol. The maximum Gasteiger partial charge on any atom is 0.292 e. The fourth-order valence-corrected chi connectivity index (χ4v) is 5.61. The van der Waals surface area contributed by atoms with Gasteiger partial charge in [0.2, 0.25) is 0 Å². The van der Waals surface area contributed by atoms with Gasteiger partial charge in [0.15, 0.2) is 0 Å². The van der Waals surface area contributed by atoms with Gasteiger partial charge >= 0.3 is 0 Å². The Morgan fingerprint density at radius 3 is 2.39 bits per heavy atom. The predicted molar refractivity (Wildman–Crippen MR) is 93.9 cm³/mol. The van der Waals surface area contributed by atoms with Crippen molar-refractivity contribution in [3.05, 3.63) is 58.7 Å². The third-order valence-electron chi connectivity index (χ3n) is 3.40. The minimum atomic E-state index is -3.62. The van der Waals surface area contributed by atoms with E-state index in [1.165, 1.54) is 28.7 Å². The molecule has 0 amide bonds. The summed E-state index contributed by atoms with van der Waals surface area (Å²) in [4.78, 5) is 1.95. The quantitative estimate of drug-likeness (QED) is 0.694. The van der Waals surface area contributed by atoms with Crippen molar-refractivity contribution in [1.82, 2.24) is 9.19 Å². The molecule has 3 rings (SSSR count). The van der Waals surface area contributed by atoms with Crippen LogP contribution in [0.4, 0.5) is 0 Å². The molecule has 2 heterocycles. The van der Waals surface area contributed by atoms with E-state index in [0.717, 1.165) is 13.9 Å². The molecule has 0 aliphatic carbocycles. The summed E-state index contributed by atoms with van der Waals surface area (Å²) in [5.74, 6) is 0. The van der Waals surface area contributed by atoms with Gasteiger partial charge in [0.1, 0.15) is 4.21 Å². The lowest BCUT2D eigenvalue weighted by molar-refractivity contribution is 0.580. The molecular formula is C16H16N2O2S3. The standard InChI is InChI=1S/C16H16N2O2S3/c1-11-6-8-14(9-7-11)22-16-12(2)17-18(13(16)3)23(19,20)15-5-4-10-21-15/h4-10H,1-3H3.